The van der Waals surface area contributed by atoms with E-state index >= 15 is 0 Å². The molecule has 20 heavy (non-hydrogen) atoms. The van der Waals surface area contributed by atoms with Gasteiger partial charge in [-0.2, -0.15) is 0 Å². The second kappa shape index (κ2) is 6.13. The maximum atomic E-state index is 13.7. The average molecular weight is 488 g/mol. The van der Waals surface area contributed by atoms with Gasteiger partial charge in [-0.1, -0.05) is 31.9 Å². The Morgan fingerprint density at radius 3 is 2.15 bits per heavy atom. The standard InChI is InChI=1S/C12H7Br3FNO2S/c13-7-1-3-11(9(15)5-7)17-20(18,19)12-4-2-8(14)6-10(12)16/h1-6,17H. The smallest absolute Gasteiger partial charge is 0.264 e. The summed E-state index contributed by atoms with van der Waals surface area (Å²) >= 11 is 9.59. The van der Waals surface area contributed by atoms with Gasteiger partial charge in [0.25, 0.3) is 10.0 Å². The molecule has 2 aromatic carbocycles. The van der Waals surface area contributed by atoms with Gasteiger partial charge in [-0.05, 0) is 52.3 Å². The third-order valence-corrected chi connectivity index (χ3v) is 5.40. The molecular formula is C12H7Br3FNO2S. The Labute approximate surface area is 141 Å². The Kier molecular flexibility index (Phi) is 4.88. The lowest BCUT2D eigenvalue weighted by molar-refractivity contribution is 0.570. The van der Waals surface area contributed by atoms with Gasteiger partial charge in [0.1, 0.15) is 10.7 Å². The molecule has 0 aliphatic carbocycles. The van der Waals surface area contributed by atoms with Crippen LogP contribution in [0.4, 0.5) is 10.1 Å². The Bertz CT molecular complexity index is 765. The molecule has 8 heteroatoms. The third-order valence-electron chi connectivity index (χ3n) is 2.36. The highest BCUT2D eigenvalue weighted by Crippen LogP contribution is 2.29. The molecule has 2 aromatic rings. The van der Waals surface area contributed by atoms with E-state index in [0.29, 0.717) is 14.6 Å². The van der Waals surface area contributed by atoms with Gasteiger partial charge >= 0.3 is 0 Å². The van der Waals surface area contributed by atoms with Gasteiger partial charge in [0.15, 0.2) is 0 Å². The molecule has 0 atom stereocenters. The van der Waals surface area contributed by atoms with Crippen molar-refractivity contribution < 1.29 is 12.8 Å². The van der Waals surface area contributed by atoms with Gasteiger partial charge in [0, 0.05) is 13.4 Å². The molecule has 0 aliphatic heterocycles. The molecule has 106 valence electrons. The number of benzene rings is 2. The van der Waals surface area contributed by atoms with Crippen molar-refractivity contribution in [2.24, 2.45) is 0 Å². The second-order valence-corrected chi connectivity index (χ2v) is 8.14. The summed E-state index contributed by atoms with van der Waals surface area (Å²) in [5, 5.41) is 0. The lowest BCUT2D eigenvalue weighted by Crippen LogP contribution is -2.14. The first-order valence-electron chi connectivity index (χ1n) is 5.22. The van der Waals surface area contributed by atoms with E-state index < -0.39 is 20.7 Å². The molecule has 0 saturated heterocycles. The van der Waals surface area contributed by atoms with Crippen LogP contribution in [0.1, 0.15) is 0 Å². The number of sulfonamides is 1. The van der Waals surface area contributed by atoms with Crippen LogP contribution in [0.3, 0.4) is 0 Å². The quantitative estimate of drug-likeness (QED) is 0.668. The number of nitrogens with one attached hydrogen (secondary N) is 1. The molecule has 0 spiro atoms. The summed E-state index contributed by atoms with van der Waals surface area (Å²) in [5.74, 6) is -0.819. The largest absolute Gasteiger partial charge is 0.278 e. The summed E-state index contributed by atoms with van der Waals surface area (Å²) in [5.41, 5.74) is 0.329. The third kappa shape index (κ3) is 3.60. The van der Waals surface area contributed by atoms with Crippen molar-refractivity contribution >= 4 is 63.5 Å². The van der Waals surface area contributed by atoms with E-state index in [0.717, 1.165) is 10.5 Å². The predicted molar refractivity (Wildman–Crippen MR) is 86.8 cm³/mol. The topological polar surface area (TPSA) is 46.2 Å². The number of hydrogen-bond donors (Lipinski definition) is 1. The average Bonchev–Trinajstić information content (AvgIpc) is 2.32. The molecule has 0 fully saturated rings. The van der Waals surface area contributed by atoms with Gasteiger partial charge in [-0.15, -0.1) is 0 Å². The van der Waals surface area contributed by atoms with Crippen LogP contribution in [0.25, 0.3) is 0 Å². The summed E-state index contributed by atoms with van der Waals surface area (Å²) in [6.07, 6.45) is 0. The van der Waals surface area contributed by atoms with E-state index in [2.05, 4.69) is 52.5 Å². The fourth-order valence-corrected chi connectivity index (χ4v) is 4.22. The molecule has 0 amide bonds. The zero-order valence-corrected chi connectivity index (χ0v) is 15.3. The Morgan fingerprint density at radius 2 is 1.55 bits per heavy atom. The van der Waals surface area contributed by atoms with E-state index in [1.54, 1.807) is 18.2 Å². The Balaban J connectivity index is 2.41. The molecule has 3 nitrogen and oxygen atoms in total. The van der Waals surface area contributed by atoms with Crippen molar-refractivity contribution in [1.29, 1.82) is 0 Å². The van der Waals surface area contributed by atoms with Crippen LogP contribution >= 0.6 is 47.8 Å². The molecule has 0 bridgehead atoms. The second-order valence-electron chi connectivity index (χ2n) is 3.80. The summed E-state index contributed by atoms with van der Waals surface area (Å²) in [4.78, 5) is -0.407. The fraction of sp³-hybridized carbons (Fsp3) is 0. The molecule has 0 radical (unpaired) electrons. The zero-order valence-electron chi connectivity index (χ0n) is 9.70. The summed E-state index contributed by atoms with van der Waals surface area (Å²) in [6.45, 7) is 0. The van der Waals surface area contributed by atoms with Crippen LogP contribution < -0.4 is 4.72 Å². The monoisotopic (exact) mass is 485 g/mol. The minimum absolute atomic E-state index is 0.329. The van der Waals surface area contributed by atoms with Crippen LogP contribution in [-0.2, 0) is 10.0 Å². The number of anilines is 1. The van der Waals surface area contributed by atoms with Gasteiger partial charge < -0.3 is 0 Å². The van der Waals surface area contributed by atoms with Gasteiger partial charge in [-0.3, -0.25) is 4.72 Å². The SMILES string of the molecule is O=S(=O)(Nc1ccc(Br)cc1Br)c1ccc(Br)cc1F. The number of hydrogen-bond acceptors (Lipinski definition) is 2. The Morgan fingerprint density at radius 1 is 0.950 bits per heavy atom. The molecule has 2 rings (SSSR count). The molecule has 0 heterocycles. The maximum absolute atomic E-state index is 13.7. The van der Waals surface area contributed by atoms with Crippen molar-refractivity contribution in [3.63, 3.8) is 0 Å². The van der Waals surface area contributed by atoms with Gasteiger partial charge in [0.05, 0.1) is 5.69 Å². The summed E-state index contributed by atoms with van der Waals surface area (Å²) in [6, 6.07) is 8.72. The van der Waals surface area contributed by atoms with Crippen molar-refractivity contribution in [2.75, 3.05) is 4.72 Å². The van der Waals surface area contributed by atoms with E-state index in [1.807, 2.05) is 0 Å². The van der Waals surface area contributed by atoms with E-state index in [-0.39, 0.29) is 0 Å². The van der Waals surface area contributed by atoms with Crippen LogP contribution in [0.2, 0.25) is 0 Å². The normalized spacial score (nSPS) is 11.4. The zero-order chi connectivity index (χ0) is 14.9. The van der Waals surface area contributed by atoms with Crippen LogP contribution in [0, 0.1) is 5.82 Å². The first-order valence-corrected chi connectivity index (χ1v) is 9.09. The lowest BCUT2D eigenvalue weighted by Gasteiger charge is -2.11. The molecule has 0 saturated carbocycles. The van der Waals surface area contributed by atoms with E-state index in [1.165, 1.54) is 12.1 Å². The van der Waals surface area contributed by atoms with Crippen LogP contribution in [-0.4, -0.2) is 8.42 Å². The van der Waals surface area contributed by atoms with Gasteiger partial charge in [0.2, 0.25) is 0 Å². The maximum Gasteiger partial charge on any atom is 0.264 e. The first-order chi connectivity index (χ1) is 9.29. The highest BCUT2D eigenvalue weighted by molar-refractivity contribution is 9.11. The first kappa shape index (κ1) is 15.9. The number of halogens is 4. The Hall–Kier alpha value is -0.440. The summed E-state index contributed by atoms with van der Waals surface area (Å²) in [7, 11) is -3.99. The minimum atomic E-state index is -3.99. The van der Waals surface area contributed by atoms with Crippen molar-refractivity contribution in [3.8, 4) is 0 Å². The van der Waals surface area contributed by atoms with E-state index in [9.17, 15) is 12.8 Å². The molecule has 1 N–H and O–H groups in total. The fourth-order valence-electron chi connectivity index (χ4n) is 1.47. The van der Waals surface area contributed by atoms with Crippen molar-refractivity contribution in [2.45, 2.75) is 4.90 Å². The van der Waals surface area contributed by atoms with Gasteiger partial charge in [-0.25, -0.2) is 12.8 Å². The highest BCUT2D eigenvalue weighted by Gasteiger charge is 2.20. The van der Waals surface area contributed by atoms with E-state index in [4.69, 9.17) is 0 Å². The van der Waals surface area contributed by atoms with Crippen molar-refractivity contribution in [1.82, 2.24) is 0 Å². The van der Waals surface area contributed by atoms with Crippen molar-refractivity contribution in [3.05, 3.63) is 55.6 Å². The predicted octanol–water partition coefficient (Wildman–Crippen LogP) is 4.91. The molecular weight excluding hydrogens is 481 g/mol. The molecule has 0 aromatic heterocycles. The van der Waals surface area contributed by atoms with Crippen LogP contribution in [0.5, 0.6) is 0 Å². The molecule has 0 aliphatic rings. The summed E-state index contributed by atoms with van der Waals surface area (Å²) < 4.78 is 42.2. The lowest BCUT2D eigenvalue weighted by atomic mass is 10.3. The minimum Gasteiger partial charge on any atom is -0.278 e. The molecule has 0 unspecified atom stereocenters. The van der Waals surface area contributed by atoms with Crippen LogP contribution in [0.15, 0.2) is 54.7 Å². The number of rotatable bonds is 3. The highest BCUT2D eigenvalue weighted by atomic mass is 79.9.